The summed E-state index contributed by atoms with van der Waals surface area (Å²) in [6, 6.07) is 3.49. The van der Waals surface area contributed by atoms with E-state index in [-0.39, 0.29) is 41.0 Å². The summed E-state index contributed by atoms with van der Waals surface area (Å²) in [4.78, 5) is 39.6. The molecular weight excluding hydrogens is 358 g/mol. The Labute approximate surface area is 152 Å². The van der Waals surface area contributed by atoms with E-state index >= 15 is 0 Å². The molecule has 1 atom stereocenters. The standard InChI is InChI=1S/C17H21N3O5S/c1-10(2)20-15(21)13-5-4-11(8-14(13)16(20)22)18-17(23)19(3)12-6-7-26(24,25)9-12/h4-5,8,10,12H,6-7,9H2,1-3H3,(H,18,23). The third kappa shape index (κ3) is 3.18. The highest BCUT2D eigenvalue weighted by Crippen LogP contribution is 2.27. The Bertz CT molecular complexity index is 894. The number of hydrogen-bond donors (Lipinski definition) is 1. The van der Waals surface area contributed by atoms with Crippen LogP contribution in [0.1, 0.15) is 41.0 Å². The summed E-state index contributed by atoms with van der Waals surface area (Å²) in [5.41, 5.74) is 0.956. The number of rotatable bonds is 3. The van der Waals surface area contributed by atoms with Gasteiger partial charge in [-0.1, -0.05) is 0 Å². The van der Waals surface area contributed by atoms with Crippen LogP contribution in [-0.2, 0) is 9.84 Å². The number of nitrogens with zero attached hydrogens (tertiary/aromatic N) is 2. The minimum atomic E-state index is -3.09. The molecule has 1 saturated heterocycles. The highest BCUT2D eigenvalue weighted by molar-refractivity contribution is 7.91. The lowest BCUT2D eigenvalue weighted by atomic mass is 10.1. The molecule has 4 amide bonds. The van der Waals surface area contributed by atoms with Crippen LogP contribution in [0.25, 0.3) is 0 Å². The van der Waals surface area contributed by atoms with E-state index in [9.17, 15) is 22.8 Å². The summed E-state index contributed by atoms with van der Waals surface area (Å²) in [6.07, 6.45) is 0.410. The molecule has 1 N–H and O–H groups in total. The molecule has 1 aromatic rings. The van der Waals surface area contributed by atoms with Crippen molar-refractivity contribution in [1.82, 2.24) is 9.80 Å². The fraction of sp³-hybridized carbons (Fsp3) is 0.471. The molecule has 8 nitrogen and oxygen atoms in total. The van der Waals surface area contributed by atoms with E-state index in [2.05, 4.69) is 5.32 Å². The number of nitrogens with one attached hydrogen (secondary N) is 1. The lowest BCUT2D eigenvalue weighted by Gasteiger charge is -2.23. The van der Waals surface area contributed by atoms with Crippen LogP contribution < -0.4 is 5.32 Å². The second-order valence-corrected chi connectivity index (χ2v) is 9.16. The first-order valence-corrected chi connectivity index (χ1v) is 10.2. The molecule has 2 aliphatic rings. The normalized spacial score (nSPS) is 21.2. The van der Waals surface area contributed by atoms with Gasteiger partial charge in [0.2, 0.25) is 0 Å². The van der Waals surface area contributed by atoms with Gasteiger partial charge in [-0.2, -0.15) is 0 Å². The molecule has 2 aliphatic heterocycles. The number of amides is 4. The molecule has 140 valence electrons. The fourth-order valence-corrected chi connectivity index (χ4v) is 5.04. The number of anilines is 1. The molecule has 0 radical (unpaired) electrons. The van der Waals surface area contributed by atoms with Crippen LogP contribution in [0.3, 0.4) is 0 Å². The molecule has 1 fully saturated rings. The minimum absolute atomic E-state index is 0.0442. The van der Waals surface area contributed by atoms with Crippen molar-refractivity contribution in [3.8, 4) is 0 Å². The van der Waals surface area contributed by atoms with Crippen LogP contribution >= 0.6 is 0 Å². The van der Waals surface area contributed by atoms with Crippen molar-refractivity contribution < 1.29 is 22.8 Å². The number of imide groups is 1. The molecule has 26 heavy (non-hydrogen) atoms. The number of fused-ring (bicyclic) bond motifs is 1. The molecule has 1 aromatic carbocycles. The van der Waals surface area contributed by atoms with Crippen LogP contribution in [0.5, 0.6) is 0 Å². The molecule has 0 spiro atoms. The Morgan fingerprint density at radius 1 is 1.23 bits per heavy atom. The smallest absolute Gasteiger partial charge is 0.321 e. The van der Waals surface area contributed by atoms with Crippen molar-refractivity contribution in [2.24, 2.45) is 0 Å². The van der Waals surface area contributed by atoms with Gasteiger partial charge >= 0.3 is 6.03 Å². The van der Waals surface area contributed by atoms with Crippen molar-refractivity contribution in [3.05, 3.63) is 29.3 Å². The highest BCUT2D eigenvalue weighted by atomic mass is 32.2. The maximum Gasteiger partial charge on any atom is 0.321 e. The Kier molecular flexibility index (Phi) is 4.51. The van der Waals surface area contributed by atoms with Gasteiger partial charge in [0.05, 0.1) is 22.6 Å². The average molecular weight is 379 g/mol. The van der Waals surface area contributed by atoms with Gasteiger partial charge in [-0.3, -0.25) is 14.5 Å². The van der Waals surface area contributed by atoms with Crippen LogP contribution in [0.2, 0.25) is 0 Å². The topological polar surface area (TPSA) is 104 Å². The lowest BCUT2D eigenvalue weighted by molar-refractivity contribution is 0.0609. The van der Waals surface area contributed by atoms with Crippen LogP contribution in [-0.4, -0.2) is 66.7 Å². The van der Waals surface area contributed by atoms with E-state index in [1.807, 2.05) is 0 Å². The molecule has 0 aromatic heterocycles. The van der Waals surface area contributed by atoms with E-state index < -0.39 is 15.9 Å². The quantitative estimate of drug-likeness (QED) is 0.798. The first-order valence-electron chi connectivity index (χ1n) is 8.37. The van der Waals surface area contributed by atoms with Crippen LogP contribution in [0, 0.1) is 0 Å². The molecular formula is C17H21N3O5S. The average Bonchev–Trinajstić information content (AvgIpc) is 3.04. The monoisotopic (exact) mass is 379 g/mol. The number of urea groups is 1. The summed E-state index contributed by atoms with van der Waals surface area (Å²) in [5, 5.41) is 2.67. The maximum absolute atomic E-state index is 12.4. The zero-order valence-corrected chi connectivity index (χ0v) is 15.7. The van der Waals surface area contributed by atoms with Crippen molar-refractivity contribution in [2.75, 3.05) is 23.9 Å². The van der Waals surface area contributed by atoms with Crippen molar-refractivity contribution in [1.29, 1.82) is 0 Å². The number of carbonyl (C=O) groups excluding carboxylic acids is 3. The van der Waals surface area contributed by atoms with Gasteiger partial charge in [0.25, 0.3) is 11.8 Å². The number of benzene rings is 1. The van der Waals surface area contributed by atoms with Crippen molar-refractivity contribution >= 4 is 33.4 Å². The first-order chi connectivity index (χ1) is 12.1. The van der Waals surface area contributed by atoms with E-state index in [0.717, 1.165) is 0 Å². The summed E-state index contributed by atoms with van der Waals surface area (Å²) >= 11 is 0. The Hall–Kier alpha value is -2.42. The molecule has 0 aliphatic carbocycles. The second-order valence-electron chi connectivity index (χ2n) is 6.93. The van der Waals surface area contributed by atoms with E-state index in [4.69, 9.17) is 0 Å². The third-order valence-corrected chi connectivity index (χ3v) is 6.51. The second kappa shape index (κ2) is 6.39. The highest BCUT2D eigenvalue weighted by Gasteiger charge is 2.37. The van der Waals surface area contributed by atoms with E-state index in [1.165, 1.54) is 21.9 Å². The Morgan fingerprint density at radius 3 is 2.46 bits per heavy atom. The summed E-state index contributed by atoms with van der Waals surface area (Å²) in [5.74, 6) is -0.690. The van der Waals surface area contributed by atoms with Crippen LogP contribution in [0.4, 0.5) is 10.5 Å². The van der Waals surface area contributed by atoms with E-state index in [0.29, 0.717) is 17.7 Å². The van der Waals surface area contributed by atoms with E-state index in [1.54, 1.807) is 27.0 Å². The van der Waals surface area contributed by atoms with Gasteiger partial charge < -0.3 is 10.2 Å². The Balaban J connectivity index is 1.76. The van der Waals surface area contributed by atoms with Gasteiger partial charge in [-0.05, 0) is 38.5 Å². The van der Waals surface area contributed by atoms with Gasteiger partial charge in [0.15, 0.2) is 9.84 Å². The lowest BCUT2D eigenvalue weighted by Crippen LogP contribution is -2.40. The van der Waals surface area contributed by atoms with Crippen molar-refractivity contribution in [2.45, 2.75) is 32.4 Å². The number of hydrogen-bond acceptors (Lipinski definition) is 5. The van der Waals surface area contributed by atoms with Gasteiger partial charge in [-0.15, -0.1) is 0 Å². The zero-order chi connectivity index (χ0) is 19.2. The SMILES string of the molecule is CC(C)N1C(=O)c2ccc(NC(=O)N(C)C3CCS(=O)(=O)C3)cc2C1=O. The maximum atomic E-state index is 12.4. The largest absolute Gasteiger partial charge is 0.324 e. The Morgan fingerprint density at radius 2 is 1.88 bits per heavy atom. The summed E-state index contributed by atoms with van der Waals surface area (Å²) < 4.78 is 23.1. The van der Waals surface area contributed by atoms with Gasteiger partial charge in [0.1, 0.15) is 0 Å². The summed E-state index contributed by atoms with van der Waals surface area (Å²) in [7, 11) is -1.55. The van der Waals surface area contributed by atoms with Crippen LogP contribution in [0.15, 0.2) is 18.2 Å². The number of carbonyl (C=O) groups is 3. The first kappa shape index (κ1) is 18.4. The molecule has 2 heterocycles. The minimum Gasteiger partial charge on any atom is -0.324 e. The predicted octanol–water partition coefficient (Wildman–Crippen LogP) is 1.34. The predicted molar refractivity (Wildman–Crippen MR) is 95.9 cm³/mol. The molecule has 9 heteroatoms. The third-order valence-electron chi connectivity index (χ3n) is 4.76. The zero-order valence-electron chi connectivity index (χ0n) is 14.9. The number of sulfone groups is 1. The van der Waals surface area contributed by atoms with Crippen molar-refractivity contribution in [3.63, 3.8) is 0 Å². The fourth-order valence-electron chi connectivity index (χ4n) is 3.26. The van der Waals surface area contributed by atoms with Gasteiger partial charge in [-0.25, -0.2) is 13.2 Å². The molecule has 1 unspecified atom stereocenters. The molecule has 3 rings (SSSR count). The summed E-state index contributed by atoms with van der Waals surface area (Å²) in [6.45, 7) is 3.52. The van der Waals surface area contributed by atoms with Gasteiger partial charge in [0, 0.05) is 24.8 Å². The molecule has 0 saturated carbocycles. The molecule has 0 bridgehead atoms.